The smallest absolute Gasteiger partial charge is 0.335 e. The van der Waals surface area contributed by atoms with Gasteiger partial charge in [-0.2, -0.15) is 8.78 Å². The van der Waals surface area contributed by atoms with Crippen LogP contribution in [0.5, 0.6) is 11.5 Å². The van der Waals surface area contributed by atoms with Crippen molar-refractivity contribution in [2.45, 2.75) is 31.6 Å². The minimum absolute atomic E-state index is 0.138. The molecule has 4 rings (SSSR count). The SMILES string of the molecule is C=C(C)C(F)(F)C1(OC)CC(c2ccc(CNC(=O)c3ccc4c(c3)OCO4)cc2)=NO1. The number of hydrogen-bond acceptors (Lipinski definition) is 6. The molecule has 1 atom stereocenters. The van der Waals surface area contributed by atoms with Gasteiger partial charge in [-0.05, 0) is 41.8 Å². The molecular weight excluding hydrogens is 422 g/mol. The molecule has 0 aliphatic carbocycles. The number of benzene rings is 2. The Hall–Kier alpha value is -3.46. The van der Waals surface area contributed by atoms with Gasteiger partial charge in [-0.3, -0.25) is 4.79 Å². The minimum atomic E-state index is -3.41. The number of nitrogens with one attached hydrogen (secondary N) is 1. The highest BCUT2D eigenvalue weighted by atomic mass is 19.3. The van der Waals surface area contributed by atoms with Crippen LogP contribution in [0.4, 0.5) is 8.78 Å². The van der Waals surface area contributed by atoms with Crippen LogP contribution in [0.15, 0.2) is 59.8 Å². The first-order valence-electron chi connectivity index (χ1n) is 9.87. The zero-order chi connectivity index (χ0) is 22.9. The Balaban J connectivity index is 1.38. The molecule has 0 saturated heterocycles. The molecular formula is C23H22F2N2O5. The lowest BCUT2D eigenvalue weighted by atomic mass is 9.94. The van der Waals surface area contributed by atoms with E-state index in [0.29, 0.717) is 28.3 Å². The van der Waals surface area contributed by atoms with Crippen molar-refractivity contribution < 1.29 is 32.6 Å². The van der Waals surface area contributed by atoms with Gasteiger partial charge < -0.3 is 24.4 Å². The third-order valence-electron chi connectivity index (χ3n) is 5.42. The quantitative estimate of drug-likeness (QED) is 0.653. The summed E-state index contributed by atoms with van der Waals surface area (Å²) in [7, 11) is 1.15. The summed E-state index contributed by atoms with van der Waals surface area (Å²) in [5, 5.41) is 6.66. The molecule has 0 fully saturated rings. The van der Waals surface area contributed by atoms with E-state index < -0.39 is 11.7 Å². The molecule has 2 aliphatic rings. The van der Waals surface area contributed by atoms with Crippen LogP contribution in [0.2, 0.25) is 0 Å². The number of ether oxygens (including phenoxy) is 3. The number of carbonyl (C=O) groups excluding carboxylic acids is 1. The van der Waals surface area contributed by atoms with E-state index in [1.165, 1.54) is 6.92 Å². The summed E-state index contributed by atoms with van der Waals surface area (Å²) in [5.41, 5.74) is 1.87. The molecule has 7 nitrogen and oxygen atoms in total. The van der Waals surface area contributed by atoms with Gasteiger partial charge in [0, 0.05) is 19.2 Å². The highest BCUT2D eigenvalue weighted by Crippen LogP contribution is 2.44. The van der Waals surface area contributed by atoms with Gasteiger partial charge in [-0.25, -0.2) is 0 Å². The zero-order valence-electron chi connectivity index (χ0n) is 17.6. The Kier molecular flexibility index (Phi) is 5.60. The fourth-order valence-electron chi connectivity index (χ4n) is 3.44. The Labute approximate surface area is 183 Å². The number of oxime groups is 1. The van der Waals surface area contributed by atoms with E-state index in [-0.39, 0.29) is 31.2 Å². The summed E-state index contributed by atoms with van der Waals surface area (Å²) in [4.78, 5) is 17.5. The topological polar surface area (TPSA) is 78.4 Å². The van der Waals surface area contributed by atoms with Crippen LogP contribution in [-0.4, -0.2) is 37.2 Å². The molecule has 0 bridgehead atoms. The van der Waals surface area contributed by atoms with Crippen LogP contribution in [0.25, 0.3) is 0 Å². The number of methoxy groups -OCH3 is 1. The Bertz CT molecular complexity index is 1080. The second kappa shape index (κ2) is 8.23. The van der Waals surface area contributed by atoms with E-state index in [1.54, 1.807) is 42.5 Å². The summed E-state index contributed by atoms with van der Waals surface area (Å²) in [6.45, 7) is 4.98. The van der Waals surface area contributed by atoms with E-state index in [2.05, 4.69) is 17.1 Å². The largest absolute Gasteiger partial charge is 0.454 e. The molecule has 2 aromatic carbocycles. The molecule has 1 unspecified atom stereocenters. The lowest BCUT2D eigenvalue weighted by molar-refractivity contribution is -0.303. The van der Waals surface area contributed by atoms with Gasteiger partial charge in [-0.1, -0.05) is 36.0 Å². The lowest BCUT2D eigenvalue weighted by Crippen LogP contribution is -2.50. The third-order valence-corrected chi connectivity index (χ3v) is 5.42. The molecule has 0 saturated carbocycles. The summed E-state index contributed by atoms with van der Waals surface area (Å²) < 4.78 is 44.7. The molecule has 2 aliphatic heterocycles. The maximum atomic E-state index is 14.6. The lowest BCUT2D eigenvalue weighted by Gasteiger charge is -2.33. The summed E-state index contributed by atoms with van der Waals surface area (Å²) in [6.07, 6.45) is -0.233. The van der Waals surface area contributed by atoms with Crippen molar-refractivity contribution >= 4 is 11.6 Å². The van der Waals surface area contributed by atoms with Gasteiger partial charge >= 0.3 is 11.7 Å². The number of nitrogens with zero attached hydrogens (tertiary/aromatic N) is 1. The first-order valence-corrected chi connectivity index (χ1v) is 9.87. The highest BCUT2D eigenvalue weighted by molar-refractivity contribution is 6.01. The van der Waals surface area contributed by atoms with E-state index >= 15 is 0 Å². The van der Waals surface area contributed by atoms with Gasteiger partial charge in [0.25, 0.3) is 5.91 Å². The number of rotatable bonds is 7. The summed E-state index contributed by atoms with van der Waals surface area (Å²) in [5.74, 6) is -4.74. The van der Waals surface area contributed by atoms with Crippen LogP contribution in [0, 0.1) is 0 Å². The molecule has 1 N–H and O–H groups in total. The predicted molar refractivity (Wildman–Crippen MR) is 112 cm³/mol. The predicted octanol–water partition coefficient (Wildman–Crippen LogP) is 4.02. The van der Waals surface area contributed by atoms with E-state index in [1.807, 2.05) is 0 Å². The molecule has 2 heterocycles. The number of halogens is 2. The van der Waals surface area contributed by atoms with Crippen LogP contribution in [0.3, 0.4) is 0 Å². The van der Waals surface area contributed by atoms with Crippen molar-refractivity contribution in [1.29, 1.82) is 0 Å². The summed E-state index contributed by atoms with van der Waals surface area (Å²) in [6, 6.07) is 12.0. The molecule has 9 heteroatoms. The van der Waals surface area contributed by atoms with Crippen LogP contribution < -0.4 is 14.8 Å². The fourth-order valence-corrected chi connectivity index (χ4v) is 3.44. The molecule has 1 amide bonds. The van der Waals surface area contributed by atoms with Gasteiger partial charge in [0.05, 0.1) is 12.1 Å². The number of hydrogen-bond donors (Lipinski definition) is 1. The number of carbonyl (C=O) groups is 1. The van der Waals surface area contributed by atoms with E-state index in [0.717, 1.165) is 12.7 Å². The van der Waals surface area contributed by atoms with Crippen molar-refractivity contribution in [3.63, 3.8) is 0 Å². The van der Waals surface area contributed by atoms with Crippen molar-refractivity contribution in [3.8, 4) is 11.5 Å². The molecule has 0 radical (unpaired) electrons. The normalized spacial score (nSPS) is 19.3. The fraction of sp³-hybridized carbons (Fsp3) is 0.304. The minimum Gasteiger partial charge on any atom is -0.454 e. The maximum absolute atomic E-state index is 14.6. The number of fused-ring (bicyclic) bond motifs is 1. The highest BCUT2D eigenvalue weighted by Gasteiger charge is 2.61. The maximum Gasteiger partial charge on any atom is 0.335 e. The Morgan fingerprint density at radius 2 is 1.94 bits per heavy atom. The van der Waals surface area contributed by atoms with Gasteiger partial charge in [0.1, 0.15) is 0 Å². The van der Waals surface area contributed by atoms with Crippen LogP contribution in [0.1, 0.15) is 34.8 Å². The monoisotopic (exact) mass is 444 g/mol. The third kappa shape index (κ3) is 3.80. The Morgan fingerprint density at radius 3 is 2.62 bits per heavy atom. The summed E-state index contributed by atoms with van der Waals surface area (Å²) >= 11 is 0. The number of amides is 1. The molecule has 0 spiro atoms. The molecule has 32 heavy (non-hydrogen) atoms. The first-order chi connectivity index (χ1) is 15.3. The first kappa shape index (κ1) is 21.8. The van der Waals surface area contributed by atoms with Crippen molar-refractivity contribution in [2.75, 3.05) is 13.9 Å². The van der Waals surface area contributed by atoms with Crippen LogP contribution >= 0.6 is 0 Å². The molecule has 168 valence electrons. The molecule has 0 aromatic heterocycles. The van der Waals surface area contributed by atoms with Gasteiger partial charge in [0.15, 0.2) is 11.5 Å². The van der Waals surface area contributed by atoms with Gasteiger partial charge in [0.2, 0.25) is 6.79 Å². The zero-order valence-corrected chi connectivity index (χ0v) is 17.6. The van der Waals surface area contributed by atoms with Crippen molar-refractivity contribution in [1.82, 2.24) is 5.32 Å². The number of alkyl halides is 2. The van der Waals surface area contributed by atoms with E-state index in [4.69, 9.17) is 19.0 Å². The second-order valence-electron chi connectivity index (χ2n) is 7.57. The average molecular weight is 444 g/mol. The van der Waals surface area contributed by atoms with Crippen molar-refractivity contribution in [2.24, 2.45) is 5.16 Å². The van der Waals surface area contributed by atoms with Crippen molar-refractivity contribution in [3.05, 3.63) is 71.3 Å². The average Bonchev–Trinajstić information content (AvgIpc) is 3.45. The Morgan fingerprint density at radius 1 is 1.22 bits per heavy atom. The standard InChI is InChI=1S/C23H22F2N2O5/c1-14(2)23(24,25)22(29-3)11-18(27-32-22)16-6-4-15(5-7-16)12-26-21(28)17-8-9-19-20(10-17)31-13-30-19/h4-10H,1,11-13H2,2-3H3,(H,26,28). The second-order valence-corrected chi connectivity index (χ2v) is 7.57. The van der Waals surface area contributed by atoms with Gasteiger partial charge in [-0.15, -0.1) is 0 Å². The van der Waals surface area contributed by atoms with Crippen LogP contribution in [-0.2, 0) is 16.1 Å². The molecule has 2 aromatic rings. The van der Waals surface area contributed by atoms with E-state index in [9.17, 15) is 13.6 Å².